The summed E-state index contributed by atoms with van der Waals surface area (Å²) in [5.74, 6) is -0.216. The first-order chi connectivity index (χ1) is 21.0. The molecular weight excluding hydrogens is 575 g/mol. The molecule has 0 radical (unpaired) electrons. The molecule has 0 aromatic carbocycles. The lowest BCUT2D eigenvalue weighted by molar-refractivity contribution is -0.870. The molecule has 0 aliphatic carbocycles. The Hall–Kier alpha value is -1.28. The summed E-state index contributed by atoms with van der Waals surface area (Å²) in [4.78, 5) is 24.9. The highest BCUT2D eigenvalue weighted by atomic mass is 31.2. The average Bonchev–Trinajstić information content (AvgIpc) is 2.95. The Kier molecular flexibility index (Phi) is 27.2. The topological polar surface area (TPSA) is 108 Å². The number of amides is 1. The van der Waals surface area contributed by atoms with Crippen molar-refractivity contribution in [2.45, 2.75) is 142 Å². The van der Waals surface area contributed by atoms with Gasteiger partial charge in [-0.25, -0.2) is 0 Å². The molecule has 0 saturated carbocycles. The highest BCUT2D eigenvalue weighted by Gasteiger charge is 2.23. The summed E-state index contributed by atoms with van der Waals surface area (Å²) < 4.78 is 22.9. The second-order valence-corrected chi connectivity index (χ2v) is 14.3. The van der Waals surface area contributed by atoms with Crippen LogP contribution in [0.3, 0.4) is 0 Å². The normalized spacial score (nSPS) is 15.3. The number of quaternary nitrogens is 1. The fourth-order valence-electron chi connectivity index (χ4n) is 4.47. The molecule has 0 aliphatic rings. The van der Waals surface area contributed by atoms with Gasteiger partial charge in [0.25, 0.3) is 7.82 Å². The number of allylic oxidation sites excluding steroid dienone is 5. The van der Waals surface area contributed by atoms with Gasteiger partial charge < -0.3 is 28.8 Å². The SMILES string of the molecule is CCCCC/C=C\C/C=C\CCCCCCCCCC(=O)NC(COP(=O)([O-])OCC[N+](C)(C)C)C(O)/C=C/CCCCC. The van der Waals surface area contributed by atoms with E-state index in [4.69, 9.17) is 9.05 Å². The van der Waals surface area contributed by atoms with E-state index in [0.29, 0.717) is 17.4 Å². The zero-order valence-electron chi connectivity index (χ0n) is 28.9. The van der Waals surface area contributed by atoms with Gasteiger partial charge in [0.05, 0.1) is 39.9 Å². The van der Waals surface area contributed by atoms with Gasteiger partial charge in [0.2, 0.25) is 5.91 Å². The average molecular weight is 643 g/mol. The van der Waals surface area contributed by atoms with Gasteiger partial charge in [-0.3, -0.25) is 9.36 Å². The highest BCUT2D eigenvalue weighted by molar-refractivity contribution is 7.45. The first-order valence-corrected chi connectivity index (χ1v) is 18.8. The van der Waals surface area contributed by atoms with Crippen LogP contribution in [0, 0.1) is 0 Å². The molecule has 3 unspecified atom stereocenters. The number of hydrogen-bond donors (Lipinski definition) is 2. The number of aliphatic hydroxyl groups is 1. The first kappa shape index (κ1) is 42.7. The van der Waals surface area contributed by atoms with E-state index in [1.807, 2.05) is 27.2 Å². The predicted octanol–water partition coefficient (Wildman–Crippen LogP) is 7.77. The lowest BCUT2D eigenvalue weighted by atomic mass is 10.1. The molecule has 0 aromatic rings. The Labute approximate surface area is 270 Å². The van der Waals surface area contributed by atoms with Crippen molar-refractivity contribution in [3.63, 3.8) is 0 Å². The fraction of sp³-hybridized carbons (Fsp3) is 0.800. The van der Waals surface area contributed by atoms with Gasteiger partial charge in [-0.2, -0.15) is 0 Å². The van der Waals surface area contributed by atoms with Gasteiger partial charge in [0, 0.05) is 6.42 Å². The lowest BCUT2D eigenvalue weighted by Crippen LogP contribution is -2.45. The van der Waals surface area contributed by atoms with Crippen molar-refractivity contribution in [1.29, 1.82) is 0 Å². The van der Waals surface area contributed by atoms with Crippen LogP contribution >= 0.6 is 7.82 Å². The number of rotatable bonds is 30. The minimum atomic E-state index is -4.56. The van der Waals surface area contributed by atoms with Crippen molar-refractivity contribution in [1.82, 2.24) is 5.32 Å². The van der Waals surface area contributed by atoms with Gasteiger partial charge in [-0.05, 0) is 51.4 Å². The second-order valence-electron chi connectivity index (χ2n) is 12.9. The first-order valence-electron chi connectivity index (χ1n) is 17.4. The van der Waals surface area contributed by atoms with E-state index < -0.39 is 20.0 Å². The molecule has 0 fully saturated rings. The number of nitrogens with zero attached hydrogens (tertiary/aromatic N) is 1. The highest BCUT2D eigenvalue weighted by Crippen LogP contribution is 2.38. The van der Waals surface area contributed by atoms with Crippen molar-refractivity contribution >= 4 is 13.7 Å². The monoisotopic (exact) mass is 642 g/mol. The molecule has 0 rings (SSSR count). The Balaban J connectivity index is 4.34. The van der Waals surface area contributed by atoms with E-state index in [9.17, 15) is 19.4 Å². The lowest BCUT2D eigenvalue weighted by Gasteiger charge is -2.29. The second kappa shape index (κ2) is 28.0. The molecule has 2 N–H and O–H groups in total. The maximum Gasteiger partial charge on any atom is 0.268 e. The smallest absolute Gasteiger partial charge is 0.268 e. The van der Waals surface area contributed by atoms with E-state index in [1.165, 1.54) is 44.9 Å². The molecule has 8 nitrogen and oxygen atoms in total. The van der Waals surface area contributed by atoms with Crippen LogP contribution in [0.15, 0.2) is 36.5 Å². The maximum atomic E-state index is 12.6. The molecule has 0 heterocycles. The van der Waals surface area contributed by atoms with Crippen LogP contribution in [0.5, 0.6) is 0 Å². The summed E-state index contributed by atoms with van der Waals surface area (Å²) in [6.07, 6.45) is 30.8. The van der Waals surface area contributed by atoms with E-state index in [-0.39, 0.29) is 19.1 Å². The Bertz CT molecular complexity index is 825. The van der Waals surface area contributed by atoms with Gasteiger partial charge >= 0.3 is 0 Å². The number of carbonyl (C=O) groups excluding carboxylic acids is 1. The zero-order chi connectivity index (χ0) is 32.9. The molecule has 258 valence electrons. The van der Waals surface area contributed by atoms with Crippen molar-refractivity contribution in [2.75, 3.05) is 40.9 Å². The molecule has 0 aliphatic heterocycles. The van der Waals surface area contributed by atoms with Crippen LogP contribution in [0.25, 0.3) is 0 Å². The molecule has 3 atom stereocenters. The fourth-order valence-corrected chi connectivity index (χ4v) is 5.20. The van der Waals surface area contributed by atoms with Crippen LogP contribution in [0.4, 0.5) is 0 Å². The van der Waals surface area contributed by atoms with Crippen LogP contribution in [0.1, 0.15) is 129 Å². The van der Waals surface area contributed by atoms with E-state index in [2.05, 4.69) is 43.5 Å². The minimum Gasteiger partial charge on any atom is -0.756 e. The number of nitrogens with one attached hydrogen (secondary N) is 1. The molecule has 9 heteroatoms. The summed E-state index contributed by atoms with van der Waals surface area (Å²) in [7, 11) is 1.24. The Morgan fingerprint density at radius 3 is 1.89 bits per heavy atom. The summed E-state index contributed by atoms with van der Waals surface area (Å²) in [6, 6.07) is -0.884. The van der Waals surface area contributed by atoms with E-state index in [0.717, 1.165) is 64.2 Å². The summed E-state index contributed by atoms with van der Waals surface area (Å²) in [6.45, 7) is 4.46. The van der Waals surface area contributed by atoms with E-state index >= 15 is 0 Å². The van der Waals surface area contributed by atoms with E-state index in [1.54, 1.807) is 6.08 Å². The van der Waals surface area contributed by atoms with Crippen LogP contribution < -0.4 is 10.2 Å². The minimum absolute atomic E-state index is 0.00460. The Morgan fingerprint density at radius 2 is 1.32 bits per heavy atom. The van der Waals surface area contributed by atoms with Crippen molar-refractivity contribution in [3.05, 3.63) is 36.5 Å². The van der Waals surface area contributed by atoms with Crippen LogP contribution in [-0.4, -0.2) is 68.5 Å². The number of unbranched alkanes of at least 4 members (excludes halogenated alkanes) is 13. The number of phosphoric acid groups is 1. The summed E-state index contributed by atoms with van der Waals surface area (Å²) >= 11 is 0. The van der Waals surface area contributed by atoms with Crippen molar-refractivity contribution in [2.24, 2.45) is 0 Å². The summed E-state index contributed by atoms with van der Waals surface area (Å²) in [5.41, 5.74) is 0. The third kappa shape index (κ3) is 29.4. The number of carbonyl (C=O) groups is 1. The van der Waals surface area contributed by atoms with Gasteiger partial charge in [-0.15, -0.1) is 0 Å². The van der Waals surface area contributed by atoms with Gasteiger partial charge in [0.15, 0.2) is 0 Å². The third-order valence-electron chi connectivity index (χ3n) is 7.34. The molecule has 0 bridgehead atoms. The standard InChI is InChI=1S/C35H67N2O6P/c1-6-8-10-12-13-14-15-16-17-18-19-20-21-22-23-25-27-29-35(39)36-33(34(38)28-26-24-11-9-7-2)32-43-44(40,41)42-31-30-37(3,4)5/h13-14,16-17,26,28,33-34,38H,6-12,15,18-25,27,29-32H2,1-5H3,(H-,36,39,40,41)/b14-13-,17-16-,28-26+. The molecule has 0 aromatic heterocycles. The maximum absolute atomic E-state index is 12.6. The number of phosphoric ester groups is 1. The molecule has 44 heavy (non-hydrogen) atoms. The Morgan fingerprint density at radius 1 is 0.795 bits per heavy atom. The van der Waals surface area contributed by atoms with Crippen LogP contribution in [0.2, 0.25) is 0 Å². The molecular formula is C35H67N2O6P. The van der Waals surface area contributed by atoms with Crippen molar-refractivity contribution < 1.29 is 32.9 Å². The van der Waals surface area contributed by atoms with Gasteiger partial charge in [0.1, 0.15) is 13.2 Å². The number of likely N-dealkylation sites (N-methyl/N-ethyl adjacent to an activating group) is 1. The molecule has 0 spiro atoms. The largest absolute Gasteiger partial charge is 0.756 e. The van der Waals surface area contributed by atoms with Crippen molar-refractivity contribution in [3.8, 4) is 0 Å². The van der Waals surface area contributed by atoms with Crippen LogP contribution in [-0.2, 0) is 18.4 Å². The number of aliphatic hydroxyl groups excluding tert-OH is 1. The predicted molar refractivity (Wildman–Crippen MR) is 182 cm³/mol. The molecule has 0 saturated heterocycles. The molecule has 1 amide bonds. The number of hydrogen-bond acceptors (Lipinski definition) is 6. The quantitative estimate of drug-likeness (QED) is 0.0359. The summed E-state index contributed by atoms with van der Waals surface area (Å²) in [5, 5.41) is 13.5. The third-order valence-corrected chi connectivity index (χ3v) is 8.31. The zero-order valence-corrected chi connectivity index (χ0v) is 29.7. The van der Waals surface area contributed by atoms with Gasteiger partial charge in [-0.1, -0.05) is 108 Å².